The van der Waals surface area contributed by atoms with Gasteiger partial charge in [-0.05, 0) is 92.1 Å². The summed E-state index contributed by atoms with van der Waals surface area (Å²) in [4.78, 5) is 20.7. The van der Waals surface area contributed by atoms with Crippen LogP contribution in [0.3, 0.4) is 0 Å². The van der Waals surface area contributed by atoms with Crippen molar-refractivity contribution in [3.05, 3.63) is 82.8 Å². The number of carbonyl (C=O) groups excluding carboxylic acids is 1. The molecule has 7 rings (SSSR count). The Bertz CT molecular complexity index is 1720. The minimum atomic E-state index is -0.211. The Morgan fingerprint density at radius 2 is 1.83 bits per heavy atom. The Labute approximate surface area is 240 Å². The highest BCUT2D eigenvalue weighted by Gasteiger charge is 2.34. The van der Waals surface area contributed by atoms with E-state index in [0.29, 0.717) is 35.7 Å². The molecule has 0 bridgehead atoms. The third kappa shape index (κ3) is 4.60. The third-order valence-electron chi connectivity index (χ3n) is 8.82. The summed E-state index contributed by atoms with van der Waals surface area (Å²) in [7, 11) is 1.89. The molecule has 8 heteroatoms. The van der Waals surface area contributed by atoms with Crippen LogP contribution in [-0.4, -0.2) is 31.7 Å². The molecular formula is C33H33N7O. The van der Waals surface area contributed by atoms with Gasteiger partial charge in [-0.15, -0.1) is 10.2 Å². The predicted molar refractivity (Wildman–Crippen MR) is 157 cm³/mol. The van der Waals surface area contributed by atoms with Crippen LogP contribution in [-0.2, 0) is 19.1 Å². The van der Waals surface area contributed by atoms with E-state index in [1.165, 1.54) is 19.3 Å². The van der Waals surface area contributed by atoms with Crippen molar-refractivity contribution in [1.29, 1.82) is 5.26 Å². The van der Waals surface area contributed by atoms with E-state index in [4.69, 9.17) is 4.98 Å². The molecule has 2 aromatic carbocycles. The number of aryl methyl sites for hydroxylation is 1. The van der Waals surface area contributed by atoms with Gasteiger partial charge in [0.05, 0.1) is 18.2 Å². The molecule has 3 heterocycles. The lowest BCUT2D eigenvalue weighted by Gasteiger charge is -2.37. The zero-order valence-electron chi connectivity index (χ0n) is 23.7. The second-order valence-electron chi connectivity index (χ2n) is 12.2. The van der Waals surface area contributed by atoms with E-state index in [-0.39, 0.29) is 11.4 Å². The lowest BCUT2D eigenvalue weighted by molar-refractivity contribution is 0.0995. The van der Waals surface area contributed by atoms with Crippen LogP contribution in [0.1, 0.15) is 84.6 Å². The molecule has 3 aliphatic rings. The van der Waals surface area contributed by atoms with Gasteiger partial charge in [0.1, 0.15) is 12.1 Å². The molecular weight excluding hydrogens is 510 g/mol. The number of fused-ring (bicyclic) bond motifs is 1. The van der Waals surface area contributed by atoms with Crippen molar-refractivity contribution in [2.75, 3.05) is 4.90 Å². The number of nitrogens with one attached hydrogen (secondary N) is 1. The second kappa shape index (κ2) is 9.64. The Balaban J connectivity index is 1.27. The summed E-state index contributed by atoms with van der Waals surface area (Å²) in [6.45, 7) is 4.89. The Morgan fingerprint density at radius 3 is 2.51 bits per heavy atom. The predicted octanol–water partition coefficient (Wildman–Crippen LogP) is 5.83. The van der Waals surface area contributed by atoms with Crippen LogP contribution in [0.4, 0.5) is 5.82 Å². The van der Waals surface area contributed by atoms with Crippen molar-refractivity contribution >= 4 is 11.7 Å². The van der Waals surface area contributed by atoms with Crippen LogP contribution in [0.15, 0.2) is 54.9 Å². The zero-order valence-corrected chi connectivity index (χ0v) is 23.7. The average Bonchev–Trinajstić information content (AvgIpc) is 3.64. The molecule has 8 nitrogen and oxygen atoms in total. The average molecular weight is 544 g/mol. The van der Waals surface area contributed by atoms with Crippen molar-refractivity contribution in [2.24, 2.45) is 7.05 Å². The Kier molecular flexibility index (Phi) is 6.02. The fourth-order valence-electron chi connectivity index (χ4n) is 6.02. The number of hydrogen-bond acceptors (Lipinski definition) is 6. The van der Waals surface area contributed by atoms with E-state index in [1.54, 1.807) is 6.33 Å². The normalized spacial score (nSPS) is 16.9. The van der Waals surface area contributed by atoms with Gasteiger partial charge in [0.25, 0.3) is 5.91 Å². The molecule has 2 saturated carbocycles. The summed E-state index contributed by atoms with van der Waals surface area (Å²) in [5, 5.41) is 21.8. The van der Waals surface area contributed by atoms with E-state index in [2.05, 4.69) is 59.7 Å². The fourth-order valence-corrected chi connectivity index (χ4v) is 6.02. The van der Waals surface area contributed by atoms with Crippen LogP contribution in [0.25, 0.3) is 22.5 Å². The van der Waals surface area contributed by atoms with Gasteiger partial charge in [-0.2, -0.15) is 5.26 Å². The largest absolute Gasteiger partial charge is 0.317 e. The van der Waals surface area contributed by atoms with Crippen LogP contribution in [0.5, 0.6) is 0 Å². The maximum absolute atomic E-state index is 13.9. The molecule has 1 aliphatic heterocycles. The number of nitriles is 1. The van der Waals surface area contributed by atoms with Crippen LogP contribution < -0.4 is 10.2 Å². The highest BCUT2D eigenvalue weighted by Crippen LogP contribution is 2.43. The van der Waals surface area contributed by atoms with Crippen molar-refractivity contribution < 1.29 is 4.79 Å². The van der Waals surface area contributed by atoms with Gasteiger partial charge in [0, 0.05) is 41.4 Å². The molecule has 0 atom stereocenters. The molecule has 2 aromatic heterocycles. The number of pyridine rings is 1. The quantitative estimate of drug-likeness (QED) is 0.315. The van der Waals surface area contributed by atoms with E-state index in [1.807, 2.05) is 40.8 Å². The molecule has 206 valence electrons. The topological polar surface area (TPSA) is 99.7 Å². The first-order valence-corrected chi connectivity index (χ1v) is 14.4. The molecule has 2 fully saturated rings. The standard InChI is InChI=1S/C33H33N7O/c1-33(2,37-25-5-4-6-25)24-11-10-22-18-40(32(41)27(22)16-24)30-15-23(14-29(36-30)21-8-9-21)26-12-7-20(17-34)13-28(26)31-38-35-19-39(31)3/h7,10-16,19,21,25,37H,4-6,8-9,18H2,1-3H3. The summed E-state index contributed by atoms with van der Waals surface area (Å²) in [6, 6.07) is 18.9. The van der Waals surface area contributed by atoms with E-state index in [0.717, 1.165) is 51.9 Å². The zero-order chi connectivity index (χ0) is 28.3. The maximum Gasteiger partial charge on any atom is 0.260 e. The van der Waals surface area contributed by atoms with Gasteiger partial charge >= 0.3 is 0 Å². The van der Waals surface area contributed by atoms with Crippen LogP contribution >= 0.6 is 0 Å². The summed E-state index contributed by atoms with van der Waals surface area (Å²) in [6.07, 6.45) is 7.56. The molecule has 1 N–H and O–H groups in total. The molecule has 0 saturated heterocycles. The minimum Gasteiger partial charge on any atom is -0.317 e. The van der Waals surface area contributed by atoms with Gasteiger partial charge in [0.2, 0.25) is 0 Å². The van der Waals surface area contributed by atoms with Crippen molar-refractivity contribution in [2.45, 2.75) is 70.0 Å². The smallest absolute Gasteiger partial charge is 0.260 e. The first-order chi connectivity index (χ1) is 19.8. The summed E-state index contributed by atoms with van der Waals surface area (Å²) < 4.78 is 1.85. The van der Waals surface area contributed by atoms with Crippen molar-refractivity contribution in [3.8, 4) is 28.6 Å². The number of amides is 1. The van der Waals surface area contributed by atoms with Gasteiger partial charge in [0.15, 0.2) is 5.82 Å². The maximum atomic E-state index is 13.9. The first-order valence-electron chi connectivity index (χ1n) is 14.4. The van der Waals surface area contributed by atoms with Gasteiger partial charge < -0.3 is 9.88 Å². The SMILES string of the molecule is Cn1cnnc1-c1cc(C#N)ccc1-c1cc(C2CC2)nc(N2Cc3ccc(C(C)(C)NC4CCC4)cc3C2=O)c1. The number of carbonyl (C=O) groups is 1. The molecule has 0 radical (unpaired) electrons. The molecule has 2 aliphatic carbocycles. The van der Waals surface area contributed by atoms with Gasteiger partial charge in [-0.1, -0.05) is 24.6 Å². The van der Waals surface area contributed by atoms with Crippen molar-refractivity contribution in [1.82, 2.24) is 25.1 Å². The third-order valence-corrected chi connectivity index (χ3v) is 8.82. The minimum absolute atomic E-state index is 0.0129. The first kappa shape index (κ1) is 25.6. The fraction of sp³-hybridized carbons (Fsp3) is 0.364. The van der Waals surface area contributed by atoms with Gasteiger partial charge in [-0.3, -0.25) is 9.69 Å². The van der Waals surface area contributed by atoms with Crippen molar-refractivity contribution in [3.63, 3.8) is 0 Å². The monoisotopic (exact) mass is 543 g/mol. The molecule has 1 amide bonds. The summed E-state index contributed by atoms with van der Waals surface area (Å²) in [5.74, 6) is 1.72. The second-order valence-corrected chi connectivity index (χ2v) is 12.2. The molecule has 0 spiro atoms. The van der Waals surface area contributed by atoms with Gasteiger partial charge in [-0.25, -0.2) is 4.98 Å². The molecule has 41 heavy (non-hydrogen) atoms. The van der Waals surface area contributed by atoms with E-state index >= 15 is 0 Å². The number of anilines is 1. The number of nitrogens with zero attached hydrogens (tertiary/aromatic N) is 6. The van der Waals surface area contributed by atoms with Crippen LogP contribution in [0, 0.1) is 11.3 Å². The number of benzene rings is 2. The number of rotatable bonds is 7. The highest BCUT2D eigenvalue weighted by molar-refractivity contribution is 6.10. The highest BCUT2D eigenvalue weighted by atomic mass is 16.2. The lowest BCUT2D eigenvalue weighted by atomic mass is 9.86. The summed E-state index contributed by atoms with van der Waals surface area (Å²) in [5.41, 5.74) is 6.96. The Hall–Kier alpha value is -4.35. The summed E-state index contributed by atoms with van der Waals surface area (Å²) >= 11 is 0. The molecule has 0 unspecified atom stereocenters. The number of aromatic nitrogens is 4. The lowest BCUT2D eigenvalue weighted by Crippen LogP contribution is -2.46. The molecule has 4 aromatic rings. The number of hydrogen-bond donors (Lipinski definition) is 1. The van der Waals surface area contributed by atoms with E-state index in [9.17, 15) is 10.1 Å². The Morgan fingerprint density at radius 1 is 1.00 bits per heavy atom. The van der Waals surface area contributed by atoms with Crippen LogP contribution in [0.2, 0.25) is 0 Å². The van der Waals surface area contributed by atoms with E-state index < -0.39 is 0 Å².